The molecule has 0 bridgehead atoms. The number of nitrogens with two attached hydrogens (primary N) is 1. The van der Waals surface area contributed by atoms with Crippen molar-refractivity contribution in [1.82, 2.24) is 4.90 Å². The van der Waals surface area contributed by atoms with Crippen LogP contribution in [0.4, 0.5) is 0 Å². The Hall–Kier alpha value is -0.0800. The molecule has 0 aromatic carbocycles. The third-order valence-electron chi connectivity index (χ3n) is 2.85. The highest BCUT2D eigenvalue weighted by Crippen LogP contribution is 2.11. The summed E-state index contributed by atoms with van der Waals surface area (Å²) in [7, 11) is 2.22. The molecule has 0 saturated carbocycles. The van der Waals surface area contributed by atoms with Gasteiger partial charge in [0, 0.05) is 6.54 Å². The van der Waals surface area contributed by atoms with Gasteiger partial charge >= 0.3 is 0 Å². The van der Waals surface area contributed by atoms with Crippen molar-refractivity contribution in [3.05, 3.63) is 0 Å². The van der Waals surface area contributed by atoms with Gasteiger partial charge in [-0.1, -0.05) is 33.6 Å². The van der Waals surface area contributed by atoms with Crippen LogP contribution < -0.4 is 5.73 Å². The van der Waals surface area contributed by atoms with Gasteiger partial charge in [-0.2, -0.15) is 0 Å². The third kappa shape index (κ3) is 8.88. The Morgan fingerprint density at radius 2 is 1.87 bits per heavy atom. The first-order chi connectivity index (χ1) is 7.10. The second kappa shape index (κ2) is 9.17. The van der Waals surface area contributed by atoms with E-state index in [2.05, 4.69) is 32.7 Å². The topological polar surface area (TPSA) is 29.3 Å². The predicted molar refractivity (Wildman–Crippen MR) is 69.0 cm³/mol. The molecule has 2 nitrogen and oxygen atoms in total. The van der Waals surface area contributed by atoms with Gasteiger partial charge in [-0.25, -0.2) is 0 Å². The molecule has 0 rings (SSSR count). The summed E-state index contributed by atoms with van der Waals surface area (Å²) in [5.74, 6) is 1.44. The van der Waals surface area contributed by atoms with Gasteiger partial charge in [0.05, 0.1) is 0 Å². The van der Waals surface area contributed by atoms with E-state index in [1.165, 1.54) is 38.8 Å². The first-order valence-corrected chi connectivity index (χ1v) is 6.48. The fraction of sp³-hybridized carbons (Fsp3) is 1.00. The van der Waals surface area contributed by atoms with Crippen molar-refractivity contribution in [3.63, 3.8) is 0 Å². The summed E-state index contributed by atoms with van der Waals surface area (Å²) in [6, 6.07) is 0. The van der Waals surface area contributed by atoms with Crippen molar-refractivity contribution >= 4 is 0 Å². The van der Waals surface area contributed by atoms with Crippen molar-refractivity contribution in [1.29, 1.82) is 0 Å². The number of hydrogen-bond donors (Lipinski definition) is 1. The molecule has 15 heavy (non-hydrogen) atoms. The van der Waals surface area contributed by atoms with Gasteiger partial charge in [0.1, 0.15) is 0 Å². The summed E-state index contributed by atoms with van der Waals surface area (Å²) in [4.78, 5) is 2.44. The summed E-state index contributed by atoms with van der Waals surface area (Å²) in [5, 5.41) is 0. The van der Waals surface area contributed by atoms with Crippen molar-refractivity contribution < 1.29 is 0 Å². The summed E-state index contributed by atoms with van der Waals surface area (Å²) >= 11 is 0. The first kappa shape index (κ1) is 14.9. The molecular formula is C13H30N2. The Bertz CT molecular complexity index is 134. The maximum Gasteiger partial charge on any atom is 0.00188 e. The van der Waals surface area contributed by atoms with Gasteiger partial charge in [0.2, 0.25) is 0 Å². The fourth-order valence-corrected chi connectivity index (χ4v) is 2.08. The molecule has 0 aromatic heterocycles. The van der Waals surface area contributed by atoms with Crippen LogP contribution >= 0.6 is 0 Å². The van der Waals surface area contributed by atoms with E-state index in [9.17, 15) is 0 Å². The highest BCUT2D eigenvalue weighted by molar-refractivity contribution is 4.66. The summed E-state index contributed by atoms with van der Waals surface area (Å²) < 4.78 is 0. The zero-order valence-corrected chi connectivity index (χ0v) is 11.1. The molecule has 92 valence electrons. The van der Waals surface area contributed by atoms with Crippen LogP contribution in [-0.4, -0.2) is 31.6 Å². The summed E-state index contributed by atoms with van der Waals surface area (Å²) in [6.07, 6.45) is 5.24. The molecule has 1 unspecified atom stereocenters. The lowest BCUT2D eigenvalue weighted by Crippen LogP contribution is -2.31. The van der Waals surface area contributed by atoms with Crippen LogP contribution in [0.5, 0.6) is 0 Å². The van der Waals surface area contributed by atoms with E-state index in [0.717, 1.165) is 12.5 Å². The molecule has 0 fully saturated rings. The smallest absolute Gasteiger partial charge is 0.00188 e. The minimum Gasteiger partial charge on any atom is -0.330 e. The lowest BCUT2D eigenvalue weighted by Gasteiger charge is -2.24. The van der Waals surface area contributed by atoms with Gasteiger partial charge in [0.25, 0.3) is 0 Å². The second-order valence-corrected chi connectivity index (χ2v) is 5.20. The zero-order chi connectivity index (χ0) is 11.7. The lowest BCUT2D eigenvalue weighted by atomic mass is 9.97. The van der Waals surface area contributed by atoms with Crippen molar-refractivity contribution in [2.75, 3.05) is 26.7 Å². The zero-order valence-electron chi connectivity index (χ0n) is 11.1. The highest BCUT2D eigenvalue weighted by atomic mass is 15.1. The van der Waals surface area contributed by atoms with Gasteiger partial charge in [-0.15, -0.1) is 0 Å². The molecule has 2 N–H and O–H groups in total. The van der Waals surface area contributed by atoms with E-state index in [4.69, 9.17) is 5.73 Å². The average molecular weight is 214 g/mol. The largest absolute Gasteiger partial charge is 0.330 e. The average Bonchev–Trinajstić information content (AvgIpc) is 2.16. The van der Waals surface area contributed by atoms with Gasteiger partial charge in [0.15, 0.2) is 0 Å². The van der Waals surface area contributed by atoms with Gasteiger partial charge in [-0.3, -0.25) is 0 Å². The third-order valence-corrected chi connectivity index (χ3v) is 2.85. The molecule has 0 aromatic rings. The quantitative estimate of drug-likeness (QED) is 0.598. The van der Waals surface area contributed by atoms with Crippen molar-refractivity contribution in [2.24, 2.45) is 17.6 Å². The number of rotatable bonds is 9. The lowest BCUT2D eigenvalue weighted by molar-refractivity contribution is 0.252. The van der Waals surface area contributed by atoms with Crippen LogP contribution in [0.15, 0.2) is 0 Å². The standard InChI is InChI=1S/C13H30N2/c1-5-6-7-8-15(4)11-13(10-14)9-12(2)3/h12-13H,5-11,14H2,1-4H3. The van der Waals surface area contributed by atoms with Crippen LogP contribution in [0.2, 0.25) is 0 Å². The molecule has 0 saturated heterocycles. The van der Waals surface area contributed by atoms with E-state index in [0.29, 0.717) is 5.92 Å². The Labute approximate surface area is 96.2 Å². The number of hydrogen-bond acceptors (Lipinski definition) is 2. The maximum atomic E-state index is 5.80. The number of unbranched alkanes of at least 4 members (excludes halogenated alkanes) is 2. The van der Waals surface area contributed by atoms with E-state index >= 15 is 0 Å². The predicted octanol–water partition coefficient (Wildman–Crippen LogP) is 2.73. The van der Waals surface area contributed by atoms with Crippen LogP contribution in [0.3, 0.4) is 0 Å². The van der Waals surface area contributed by atoms with Crippen molar-refractivity contribution in [2.45, 2.75) is 46.5 Å². The van der Waals surface area contributed by atoms with E-state index < -0.39 is 0 Å². The van der Waals surface area contributed by atoms with Crippen LogP contribution in [0.1, 0.15) is 46.5 Å². The van der Waals surface area contributed by atoms with Gasteiger partial charge in [-0.05, 0) is 44.8 Å². The molecule has 0 heterocycles. The Kier molecular flexibility index (Phi) is 9.12. The minimum atomic E-state index is 0.677. The van der Waals surface area contributed by atoms with E-state index in [-0.39, 0.29) is 0 Å². The minimum absolute atomic E-state index is 0.677. The Morgan fingerprint density at radius 3 is 2.33 bits per heavy atom. The molecule has 0 aliphatic carbocycles. The Balaban J connectivity index is 3.65. The molecule has 1 atom stereocenters. The monoisotopic (exact) mass is 214 g/mol. The molecule has 0 aliphatic heterocycles. The van der Waals surface area contributed by atoms with E-state index in [1.807, 2.05) is 0 Å². The first-order valence-electron chi connectivity index (χ1n) is 6.48. The molecule has 0 radical (unpaired) electrons. The normalized spacial score (nSPS) is 13.8. The molecule has 0 aliphatic rings. The molecule has 2 heteroatoms. The summed E-state index contributed by atoms with van der Waals surface area (Å²) in [6.45, 7) is 10.0. The SMILES string of the molecule is CCCCCN(C)CC(CN)CC(C)C. The van der Waals surface area contributed by atoms with Gasteiger partial charge < -0.3 is 10.6 Å². The number of nitrogens with zero attached hydrogens (tertiary/aromatic N) is 1. The van der Waals surface area contributed by atoms with Crippen molar-refractivity contribution in [3.8, 4) is 0 Å². The molecule has 0 amide bonds. The Morgan fingerprint density at radius 1 is 1.20 bits per heavy atom. The van der Waals surface area contributed by atoms with Crippen LogP contribution in [0, 0.1) is 11.8 Å². The summed E-state index contributed by atoms with van der Waals surface area (Å²) in [5.41, 5.74) is 5.80. The molecule has 0 spiro atoms. The maximum absolute atomic E-state index is 5.80. The van der Waals surface area contributed by atoms with Crippen LogP contribution in [-0.2, 0) is 0 Å². The fourth-order valence-electron chi connectivity index (χ4n) is 2.08. The van der Waals surface area contributed by atoms with Crippen LogP contribution in [0.25, 0.3) is 0 Å². The highest BCUT2D eigenvalue weighted by Gasteiger charge is 2.11. The second-order valence-electron chi connectivity index (χ2n) is 5.20. The van der Waals surface area contributed by atoms with E-state index in [1.54, 1.807) is 0 Å². The molecular weight excluding hydrogens is 184 g/mol.